The molecule has 0 aliphatic heterocycles. The second-order valence-electron chi connectivity index (χ2n) is 3.10. The lowest BCUT2D eigenvalue weighted by Gasteiger charge is -1.98. The Bertz CT molecular complexity index is 438. The molecule has 0 aliphatic rings. The van der Waals surface area contributed by atoms with Gasteiger partial charge < -0.3 is 5.11 Å². The molecule has 0 aliphatic carbocycles. The Kier molecular flexibility index (Phi) is 3.13. The summed E-state index contributed by atoms with van der Waals surface area (Å²) in [5, 5.41) is 16.7. The van der Waals surface area contributed by atoms with Crippen LogP contribution in [0.15, 0.2) is 34.9 Å². The number of aliphatic hydroxyl groups excluding tert-OH is 1. The Morgan fingerprint density at radius 1 is 1.27 bits per heavy atom. The van der Waals surface area contributed by atoms with Gasteiger partial charge in [0.25, 0.3) is 0 Å². The van der Waals surface area contributed by atoms with E-state index >= 15 is 0 Å². The van der Waals surface area contributed by atoms with Crippen molar-refractivity contribution in [1.82, 2.24) is 15.0 Å². The maximum absolute atomic E-state index is 8.75. The van der Waals surface area contributed by atoms with Crippen molar-refractivity contribution in [2.24, 2.45) is 0 Å². The second kappa shape index (κ2) is 4.55. The van der Waals surface area contributed by atoms with Crippen molar-refractivity contribution < 1.29 is 5.11 Å². The summed E-state index contributed by atoms with van der Waals surface area (Å²) in [5.41, 5.74) is 1.75. The summed E-state index contributed by atoms with van der Waals surface area (Å²) in [4.78, 5) is 0. The van der Waals surface area contributed by atoms with Gasteiger partial charge in [0, 0.05) is 17.5 Å². The summed E-state index contributed by atoms with van der Waals surface area (Å²) < 4.78 is 2.72. The van der Waals surface area contributed by atoms with E-state index in [0.29, 0.717) is 6.42 Å². The van der Waals surface area contributed by atoms with E-state index < -0.39 is 0 Å². The van der Waals surface area contributed by atoms with E-state index in [0.717, 1.165) is 15.9 Å². The summed E-state index contributed by atoms with van der Waals surface area (Å²) >= 11 is 3.37. The van der Waals surface area contributed by atoms with Gasteiger partial charge in [0.2, 0.25) is 0 Å². The maximum Gasteiger partial charge on any atom is 0.0854 e. The molecule has 0 saturated heterocycles. The van der Waals surface area contributed by atoms with Crippen molar-refractivity contribution >= 4 is 15.9 Å². The first-order valence-corrected chi connectivity index (χ1v) is 5.37. The molecular formula is C10H10BrN3O. The first-order valence-electron chi connectivity index (χ1n) is 4.57. The molecule has 4 nitrogen and oxygen atoms in total. The van der Waals surface area contributed by atoms with Crippen molar-refractivity contribution in [1.29, 1.82) is 0 Å². The Morgan fingerprint density at radius 3 is 2.67 bits per heavy atom. The zero-order chi connectivity index (χ0) is 10.7. The average molecular weight is 268 g/mol. The number of aromatic nitrogens is 3. The zero-order valence-electron chi connectivity index (χ0n) is 7.97. The van der Waals surface area contributed by atoms with Crippen molar-refractivity contribution in [3.05, 3.63) is 40.6 Å². The summed E-state index contributed by atoms with van der Waals surface area (Å²) in [7, 11) is 0. The minimum Gasteiger partial charge on any atom is -0.396 e. The molecule has 0 unspecified atom stereocenters. The molecule has 0 fully saturated rings. The minimum atomic E-state index is 0.0963. The summed E-state index contributed by atoms with van der Waals surface area (Å²) in [5.74, 6) is 0. The molecule has 1 N–H and O–H groups in total. The fraction of sp³-hybridized carbons (Fsp3) is 0.200. The van der Waals surface area contributed by atoms with Gasteiger partial charge in [0.15, 0.2) is 0 Å². The van der Waals surface area contributed by atoms with Gasteiger partial charge in [-0.05, 0) is 24.3 Å². The van der Waals surface area contributed by atoms with E-state index in [1.54, 1.807) is 4.68 Å². The molecule has 15 heavy (non-hydrogen) atoms. The number of nitrogens with zero attached hydrogens (tertiary/aromatic N) is 3. The summed E-state index contributed by atoms with van der Waals surface area (Å²) in [6.07, 6.45) is 2.36. The lowest BCUT2D eigenvalue weighted by molar-refractivity contribution is 0.298. The van der Waals surface area contributed by atoms with Gasteiger partial charge in [-0.3, -0.25) is 0 Å². The van der Waals surface area contributed by atoms with E-state index in [9.17, 15) is 0 Å². The number of halogens is 1. The Morgan fingerprint density at radius 2 is 2.00 bits per heavy atom. The molecule has 5 heteroatoms. The summed E-state index contributed by atoms with van der Waals surface area (Å²) in [6, 6.07) is 7.79. The van der Waals surface area contributed by atoms with Crippen molar-refractivity contribution in [2.45, 2.75) is 6.42 Å². The topological polar surface area (TPSA) is 50.9 Å². The van der Waals surface area contributed by atoms with Crippen LogP contribution in [0.5, 0.6) is 0 Å². The Balaban J connectivity index is 2.25. The molecule has 1 aromatic heterocycles. The van der Waals surface area contributed by atoms with Gasteiger partial charge in [-0.25, -0.2) is 4.68 Å². The molecule has 0 amide bonds. The number of benzene rings is 1. The van der Waals surface area contributed by atoms with Gasteiger partial charge in [0.05, 0.1) is 17.6 Å². The molecule has 1 heterocycles. The Labute approximate surface area is 95.7 Å². The highest BCUT2D eigenvalue weighted by molar-refractivity contribution is 9.10. The first kappa shape index (κ1) is 10.3. The number of rotatable bonds is 3. The smallest absolute Gasteiger partial charge is 0.0854 e. The van der Waals surface area contributed by atoms with Gasteiger partial charge in [0.1, 0.15) is 0 Å². The van der Waals surface area contributed by atoms with Crippen LogP contribution in [0.3, 0.4) is 0 Å². The maximum atomic E-state index is 8.75. The monoisotopic (exact) mass is 267 g/mol. The third-order valence-corrected chi connectivity index (χ3v) is 2.53. The zero-order valence-corrected chi connectivity index (χ0v) is 9.55. The van der Waals surface area contributed by atoms with Crippen molar-refractivity contribution in [2.75, 3.05) is 6.61 Å². The quantitative estimate of drug-likeness (QED) is 0.919. The lowest BCUT2D eigenvalue weighted by atomic mass is 10.3. The minimum absolute atomic E-state index is 0.0963. The average Bonchev–Trinajstić information content (AvgIpc) is 2.68. The molecule has 78 valence electrons. The summed E-state index contributed by atoms with van der Waals surface area (Å²) in [6.45, 7) is 0.0963. The molecule has 0 saturated carbocycles. The number of hydrogen-bond donors (Lipinski definition) is 1. The Hall–Kier alpha value is -1.20. The van der Waals surface area contributed by atoms with Crippen LogP contribution in [0.2, 0.25) is 0 Å². The van der Waals surface area contributed by atoms with Crippen LogP contribution in [0.25, 0.3) is 5.69 Å². The van der Waals surface area contributed by atoms with Crippen LogP contribution >= 0.6 is 15.9 Å². The number of hydrogen-bond acceptors (Lipinski definition) is 3. The first-order chi connectivity index (χ1) is 7.29. The normalized spacial score (nSPS) is 10.5. The number of aliphatic hydroxyl groups is 1. The highest BCUT2D eigenvalue weighted by Crippen LogP contribution is 2.13. The van der Waals surface area contributed by atoms with E-state index in [4.69, 9.17) is 5.11 Å². The van der Waals surface area contributed by atoms with Gasteiger partial charge in [-0.2, -0.15) is 0 Å². The predicted molar refractivity (Wildman–Crippen MR) is 59.8 cm³/mol. The third kappa shape index (κ3) is 2.43. The molecule has 1 aromatic carbocycles. The molecule has 0 spiro atoms. The van der Waals surface area contributed by atoms with Gasteiger partial charge in [-0.15, -0.1) is 5.10 Å². The molecule has 0 radical (unpaired) electrons. The van der Waals surface area contributed by atoms with Crippen LogP contribution < -0.4 is 0 Å². The van der Waals surface area contributed by atoms with Crippen molar-refractivity contribution in [3.63, 3.8) is 0 Å². The van der Waals surface area contributed by atoms with E-state index in [1.807, 2.05) is 30.5 Å². The van der Waals surface area contributed by atoms with Crippen LogP contribution in [0, 0.1) is 0 Å². The van der Waals surface area contributed by atoms with E-state index in [-0.39, 0.29) is 6.61 Å². The van der Waals surface area contributed by atoms with Crippen LogP contribution in [-0.4, -0.2) is 26.7 Å². The fourth-order valence-corrected chi connectivity index (χ4v) is 1.51. The van der Waals surface area contributed by atoms with Crippen molar-refractivity contribution in [3.8, 4) is 5.69 Å². The molecule has 2 rings (SSSR count). The highest BCUT2D eigenvalue weighted by atomic mass is 79.9. The molecular weight excluding hydrogens is 258 g/mol. The van der Waals surface area contributed by atoms with E-state index in [1.165, 1.54) is 0 Å². The van der Waals surface area contributed by atoms with E-state index in [2.05, 4.69) is 26.2 Å². The second-order valence-corrected chi connectivity index (χ2v) is 4.02. The van der Waals surface area contributed by atoms with Gasteiger partial charge >= 0.3 is 0 Å². The van der Waals surface area contributed by atoms with Gasteiger partial charge in [-0.1, -0.05) is 21.1 Å². The predicted octanol–water partition coefficient (Wildman–Crippen LogP) is 1.56. The standard InChI is InChI=1S/C10H10BrN3O/c11-8-1-3-10(4-2-8)14-7-9(5-6-15)12-13-14/h1-4,7,15H,5-6H2. The SMILES string of the molecule is OCCc1cn(-c2ccc(Br)cc2)nn1. The molecule has 2 aromatic rings. The van der Waals surface area contributed by atoms with Crippen LogP contribution in [0.4, 0.5) is 0 Å². The fourth-order valence-electron chi connectivity index (χ4n) is 1.25. The lowest BCUT2D eigenvalue weighted by Crippen LogP contribution is -1.93. The molecule has 0 atom stereocenters. The largest absolute Gasteiger partial charge is 0.396 e. The van der Waals surface area contributed by atoms with Crippen LogP contribution in [0.1, 0.15) is 5.69 Å². The highest BCUT2D eigenvalue weighted by Gasteiger charge is 2.01. The van der Waals surface area contributed by atoms with Crippen LogP contribution in [-0.2, 0) is 6.42 Å². The third-order valence-electron chi connectivity index (χ3n) is 2.00. The molecule has 0 bridgehead atoms.